The van der Waals surface area contributed by atoms with E-state index in [2.05, 4.69) is 32.0 Å². The molecule has 0 saturated carbocycles. The Labute approximate surface area is 84.7 Å². The van der Waals surface area contributed by atoms with E-state index in [4.69, 9.17) is 4.42 Å². The first kappa shape index (κ1) is 9.32. The van der Waals surface area contributed by atoms with Crippen LogP contribution in [0.25, 0.3) is 11.0 Å². The van der Waals surface area contributed by atoms with Gasteiger partial charge < -0.3 is 4.42 Å². The molecular formula is C13H16O. The van der Waals surface area contributed by atoms with Crippen LogP contribution >= 0.6 is 0 Å². The highest BCUT2D eigenvalue weighted by Crippen LogP contribution is 2.23. The van der Waals surface area contributed by atoms with Crippen molar-refractivity contribution in [2.75, 3.05) is 0 Å². The maximum atomic E-state index is 5.42. The fraction of sp³-hybridized carbons (Fsp3) is 0.385. The number of furan rings is 1. The zero-order valence-corrected chi connectivity index (χ0v) is 8.84. The molecule has 1 aromatic carbocycles. The highest BCUT2D eigenvalue weighted by molar-refractivity contribution is 5.81. The van der Waals surface area contributed by atoms with Crippen LogP contribution in [0.4, 0.5) is 0 Å². The van der Waals surface area contributed by atoms with Crippen LogP contribution in [0.5, 0.6) is 0 Å². The van der Waals surface area contributed by atoms with Crippen molar-refractivity contribution >= 4 is 11.0 Å². The summed E-state index contributed by atoms with van der Waals surface area (Å²) in [6, 6.07) is 6.44. The quantitative estimate of drug-likeness (QED) is 0.707. The number of aryl methyl sites for hydroxylation is 2. The minimum absolute atomic E-state index is 1.02. The molecule has 2 rings (SSSR count). The molecule has 0 radical (unpaired) electrons. The van der Waals surface area contributed by atoms with Gasteiger partial charge in [0.05, 0.1) is 6.26 Å². The van der Waals surface area contributed by atoms with Crippen molar-refractivity contribution in [1.29, 1.82) is 0 Å². The fourth-order valence-corrected chi connectivity index (χ4v) is 1.87. The second kappa shape index (κ2) is 3.87. The molecule has 0 fully saturated rings. The molecule has 0 N–H and O–H groups in total. The Bertz CT molecular complexity index is 426. The van der Waals surface area contributed by atoms with Gasteiger partial charge in [0.1, 0.15) is 5.58 Å². The van der Waals surface area contributed by atoms with E-state index in [-0.39, 0.29) is 0 Å². The largest absolute Gasteiger partial charge is 0.464 e. The number of fused-ring (bicyclic) bond motifs is 1. The standard InChI is InChI=1S/C13H16O/c1-3-4-5-11-8-10(2)9-13-12(11)6-7-14-13/h6-9H,3-5H2,1-2H3. The average molecular weight is 188 g/mol. The van der Waals surface area contributed by atoms with Gasteiger partial charge in [-0.05, 0) is 43.0 Å². The zero-order chi connectivity index (χ0) is 9.97. The minimum atomic E-state index is 1.02. The Balaban J connectivity index is 2.44. The highest BCUT2D eigenvalue weighted by Gasteiger charge is 2.04. The first-order valence-electron chi connectivity index (χ1n) is 5.28. The average Bonchev–Trinajstić information content (AvgIpc) is 2.61. The summed E-state index contributed by atoms with van der Waals surface area (Å²) in [5, 5.41) is 1.28. The monoisotopic (exact) mass is 188 g/mol. The van der Waals surface area contributed by atoms with Crippen molar-refractivity contribution < 1.29 is 4.42 Å². The molecule has 0 unspecified atom stereocenters. The Kier molecular flexibility index (Phi) is 2.58. The van der Waals surface area contributed by atoms with Crippen molar-refractivity contribution in [3.05, 3.63) is 35.6 Å². The van der Waals surface area contributed by atoms with E-state index in [0.29, 0.717) is 0 Å². The maximum absolute atomic E-state index is 5.42. The number of unbranched alkanes of at least 4 members (excludes halogenated alkanes) is 1. The molecule has 1 heteroatoms. The van der Waals surface area contributed by atoms with E-state index in [1.54, 1.807) is 6.26 Å². The summed E-state index contributed by atoms with van der Waals surface area (Å²) in [4.78, 5) is 0. The lowest BCUT2D eigenvalue weighted by Crippen LogP contribution is -1.86. The van der Waals surface area contributed by atoms with Crippen molar-refractivity contribution in [2.24, 2.45) is 0 Å². The highest BCUT2D eigenvalue weighted by atomic mass is 16.3. The van der Waals surface area contributed by atoms with Gasteiger partial charge in [0.25, 0.3) is 0 Å². The molecule has 0 saturated heterocycles. The number of hydrogen-bond acceptors (Lipinski definition) is 1. The predicted octanol–water partition coefficient (Wildman–Crippen LogP) is 4.08. The number of hydrogen-bond donors (Lipinski definition) is 0. The Morgan fingerprint density at radius 1 is 1.29 bits per heavy atom. The molecule has 1 heterocycles. The second-order valence-corrected chi connectivity index (χ2v) is 3.86. The third kappa shape index (κ3) is 1.67. The molecular weight excluding hydrogens is 172 g/mol. The Morgan fingerprint density at radius 2 is 2.14 bits per heavy atom. The van der Waals surface area contributed by atoms with E-state index in [9.17, 15) is 0 Å². The van der Waals surface area contributed by atoms with Gasteiger partial charge in [-0.15, -0.1) is 0 Å². The molecule has 0 aliphatic rings. The molecule has 0 atom stereocenters. The van der Waals surface area contributed by atoms with Gasteiger partial charge in [-0.2, -0.15) is 0 Å². The van der Waals surface area contributed by atoms with Gasteiger partial charge in [0, 0.05) is 5.39 Å². The molecule has 0 bridgehead atoms. The molecule has 0 aliphatic heterocycles. The van der Waals surface area contributed by atoms with E-state index < -0.39 is 0 Å². The van der Waals surface area contributed by atoms with Gasteiger partial charge in [-0.3, -0.25) is 0 Å². The van der Waals surface area contributed by atoms with Gasteiger partial charge in [-0.1, -0.05) is 19.4 Å². The Morgan fingerprint density at radius 3 is 2.93 bits per heavy atom. The van der Waals surface area contributed by atoms with Gasteiger partial charge in [0.15, 0.2) is 0 Å². The van der Waals surface area contributed by atoms with Crippen LogP contribution in [0.15, 0.2) is 28.9 Å². The zero-order valence-electron chi connectivity index (χ0n) is 8.84. The fourth-order valence-electron chi connectivity index (χ4n) is 1.87. The first-order chi connectivity index (χ1) is 6.81. The minimum Gasteiger partial charge on any atom is -0.464 e. The summed E-state index contributed by atoms with van der Waals surface area (Å²) < 4.78 is 5.42. The van der Waals surface area contributed by atoms with Crippen molar-refractivity contribution in [3.63, 3.8) is 0 Å². The van der Waals surface area contributed by atoms with Crippen LogP contribution in [-0.2, 0) is 6.42 Å². The summed E-state index contributed by atoms with van der Waals surface area (Å²) in [6.45, 7) is 4.35. The van der Waals surface area contributed by atoms with E-state index in [0.717, 1.165) is 12.0 Å². The summed E-state index contributed by atoms with van der Waals surface area (Å²) in [6.07, 6.45) is 5.44. The van der Waals surface area contributed by atoms with Crippen LogP contribution in [0, 0.1) is 6.92 Å². The molecule has 14 heavy (non-hydrogen) atoms. The van der Waals surface area contributed by atoms with E-state index >= 15 is 0 Å². The molecule has 1 nitrogen and oxygen atoms in total. The summed E-state index contributed by atoms with van der Waals surface area (Å²) in [5.74, 6) is 0. The summed E-state index contributed by atoms with van der Waals surface area (Å²) >= 11 is 0. The molecule has 74 valence electrons. The SMILES string of the molecule is CCCCc1cc(C)cc2occc12. The Hall–Kier alpha value is -1.24. The normalized spacial score (nSPS) is 11.0. The third-order valence-corrected chi connectivity index (χ3v) is 2.60. The molecule has 1 aromatic heterocycles. The maximum Gasteiger partial charge on any atom is 0.134 e. The summed E-state index contributed by atoms with van der Waals surface area (Å²) in [7, 11) is 0. The molecule has 0 aliphatic carbocycles. The van der Waals surface area contributed by atoms with E-state index in [1.165, 1.54) is 29.4 Å². The van der Waals surface area contributed by atoms with Crippen molar-refractivity contribution in [3.8, 4) is 0 Å². The molecule has 2 aromatic rings. The lowest BCUT2D eigenvalue weighted by molar-refractivity contribution is 0.615. The van der Waals surface area contributed by atoms with Crippen LogP contribution in [0.1, 0.15) is 30.9 Å². The molecule has 0 spiro atoms. The first-order valence-corrected chi connectivity index (χ1v) is 5.28. The predicted molar refractivity (Wildman–Crippen MR) is 59.6 cm³/mol. The van der Waals surface area contributed by atoms with Crippen molar-refractivity contribution in [1.82, 2.24) is 0 Å². The number of benzene rings is 1. The van der Waals surface area contributed by atoms with E-state index in [1.807, 2.05) is 0 Å². The lowest BCUT2D eigenvalue weighted by atomic mass is 10.0. The van der Waals surface area contributed by atoms with Crippen LogP contribution in [0.3, 0.4) is 0 Å². The van der Waals surface area contributed by atoms with Crippen LogP contribution in [-0.4, -0.2) is 0 Å². The smallest absolute Gasteiger partial charge is 0.134 e. The van der Waals surface area contributed by atoms with Crippen molar-refractivity contribution in [2.45, 2.75) is 33.1 Å². The lowest BCUT2D eigenvalue weighted by Gasteiger charge is -2.03. The summed E-state index contributed by atoms with van der Waals surface area (Å²) in [5.41, 5.74) is 3.74. The van der Waals surface area contributed by atoms with Gasteiger partial charge >= 0.3 is 0 Å². The topological polar surface area (TPSA) is 13.1 Å². The second-order valence-electron chi connectivity index (χ2n) is 3.86. The van der Waals surface area contributed by atoms with Crippen LogP contribution in [0.2, 0.25) is 0 Å². The van der Waals surface area contributed by atoms with Crippen LogP contribution < -0.4 is 0 Å². The number of rotatable bonds is 3. The third-order valence-electron chi connectivity index (χ3n) is 2.60. The van der Waals surface area contributed by atoms with Gasteiger partial charge in [-0.25, -0.2) is 0 Å². The molecule has 0 amide bonds. The van der Waals surface area contributed by atoms with Gasteiger partial charge in [0.2, 0.25) is 0 Å².